The Labute approximate surface area is 90.7 Å². The molecule has 0 aliphatic carbocycles. The number of esters is 1. The molecule has 1 N–H and O–H groups in total. The second kappa shape index (κ2) is 6.19. The van der Waals surface area contributed by atoms with E-state index in [1.165, 1.54) is 17.6 Å². The van der Waals surface area contributed by atoms with E-state index in [0.717, 1.165) is 13.1 Å². The summed E-state index contributed by atoms with van der Waals surface area (Å²) >= 11 is 0. The van der Waals surface area contributed by atoms with Crippen molar-refractivity contribution < 1.29 is 14.4 Å². The maximum absolute atomic E-state index is 10.9. The molecule has 0 heterocycles. The molecule has 0 aliphatic heterocycles. The number of ether oxygens (including phenoxy) is 1. The highest BCUT2D eigenvalue weighted by Crippen LogP contribution is 1.94. The summed E-state index contributed by atoms with van der Waals surface area (Å²) in [7, 11) is 3.50. The van der Waals surface area contributed by atoms with Crippen LogP contribution in [0.3, 0.4) is 0 Å². The Bertz CT molecular complexity index is 298. The molecule has 0 bridgehead atoms. The van der Waals surface area contributed by atoms with Crippen molar-refractivity contribution >= 4 is 5.97 Å². The predicted octanol–water partition coefficient (Wildman–Crippen LogP) is 0.264. The van der Waals surface area contributed by atoms with Crippen molar-refractivity contribution in [3.8, 4) is 0 Å². The molecule has 0 aromatic heterocycles. The second-order valence-electron chi connectivity index (χ2n) is 3.70. The van der Waals surface area contributed by atoms with Crippen molar-refractivity contribution in [2.24, 2.45) is 0 Å². The Morgan fingerprint density at radius 3 is 2.60 bits per heavy atom. The average molecular weight is 208 g/mol. The Balaban J connectivity index is 2.30. The molecule has 1 aromatic carbocycles. The van der Waals surface area contributed by atoms with E-state index >= 15 is 0 Å². The summed E-state index contributed by atoms with van der Waals surface area (Å²) in [6.07, 6.45) is 0.481. The molecular formula is C12H18NO2+. The number of nitrogens with one attached hydrogen (secondary N) is 1. The third-order valence-electron chi connectivity index (χ3n) is 2.33. The highest BCUT2D eigenvalue weighted by Gasteiger charge is 2.07. The molecule has 1 aromatic rings. The van der Waals surface area contributed by atoms with Crippen LogP contribution in [-0.4, -0.2) is 26.7 Å². The third kappa shape index (κ3) is 4.61. The average Bonchev–Trinajstić information content (AvgIpc) is 2.27. The summed E-state index contributed by atoms with van der Waals surface area (Å²) < 4.78 is 4.60. The summed E-state index contributed by atoms with van der Waals surface area (Å²) in [6, 6.07) is 10.3. The smallest absolute Gasteiger partial charge is 0.311 e. The molecule has 0 saturated carbocycles. The highest BCUT2D eigenvalue weighted by molar-refractivity contribution is 5.69. The summed E-state index contributed by atoms with van der Waals surface area (Å²) in [5.74, 6) is -0.137. The van der Waals surface area contributed by atoms with Gasteiger partial charge in [0, 0.05) is 5.56 Å². The zero-order valence-electron chi connectivity index (χ0n) is 9.32. The summed E-state index contributed by atoms with van der Waals surface area (Å²) in [5.41, 5.74) is 1.29. The van der Waals surface area contributed by atoms with Gasteiger partial charge in [-0.05, 0) is 0 Å². The number of quaternary nitrogens is 1. The Hall–Kier alpha value is -1.35. The van der Waals surface area contributed by atoms with Gasteiger partial charge in [-0.3, -0.25) is 4.79 Å². The molecule has 1 atom stereocenters. The lowest BCUT2D eigenvalue weighted by Crippen LogP contribution is -3.07. The lowest BCUT2D eigenvalue weighted by Gasteiger charge is -2.12. The first kappa shape index (κ1) is 11.7. The Morgan fingerprint density at radius 2 is 2.00 bits per heavy atom. The van der Waals surface area contributed by atoms with Crippen molar-refractivity contribution in [3.63, 3.8) is 0 Å². The minimum Gasteiger partial charge on any atom is -0.469 e. The van der Waals surface area contributed by atoms with Crippen LogP contribution in [0.15, 0.2) is 30.3 Å². The first-order valence-corrected chi connectivity index (χ1v) is 5.14. The third-order valence-corrected chi connectivity index (χ3v) is 2.33. The normalized spacial score (nSPS) is 12.1. The van der Waals surface area contributed by atoms with Crippen LogP contribution in [-0.2, 0) is 16.1 Å². The van der Waals surface area contributed by atoms with E-state index in [0.29, 0.717) is 6.42 Å². The molecule has 0 spiro atoms. The molecule has 15 heavy (non-hydrogen) atoms. The molecule has 0 amide bonds. The molecule has 3 nitrogen and oxygen atoms in total. The van der Waals surface area contributed by atoms with Crippen LogP contribution >= 0.6 is 0 Å². The van der Waals surface area contributed by atoms with Crippen LogP contribution in [0.4, 0.5) is 0 Å². The van der Waals surface area contributed by atoms with Gasteiger partial charge in [0.25, 0.3) is 0 Å². The second-order valence-corrected chi connectivity index (χ2v) is 3.70. The van der Waals surface area contributed by atoms with Gasteiger partial charge < -0.3 is 9.64 Å². The van der Waals surface area contributed by atoms with E-state index < -0.39 is 0 Å². The van der Waals surface area contributed by atoms with Gasteiger partial charge in [-0.15, -0.1) is 0 Å². The fourth-order valence-corrected chi connectivity index (χ4v) is 1.45. The topological polar surface area (TPSA) is 30.7 Å². The fourth-order valence-electron chi connectivity index (χ4n) is 1.45. The van der Waals surface area contributed by atoms with E-state index in [2.05, 4.69) is 23.9 Å². The van der Waals surface area contributed by atoms with E-state index in [9.17, 15) is 4.79 Å². The van der Waals surface area contributed by atoms with Crippen LogP contribution in [0.25, 0.3) is 0 Å². The van der Waals surface area contributed by atoms with E-state index in [-0.39, 0.29) is 5.97 Å². The molecule has 3 heteroatoms. The van der Waals surface area contributed by atoms with Gasteiger partial charge >= 0.3 is 5.97 Å². The van der Waals surface area contributed by atoms with Crippen LogP contribution in [0.1, 0.15) is 12.0 Å². The molecule has 1 rings (SSSR count). The first-order valence-electron chi connectivity index (χ1n) is 5.14. The number of carbonyl (C=O) groups is 1. The van der Waals surface area contributed by atoms with Crippen LogP contribution in [0.2, 0.25) is 0 Å². The van der Waals surface area contributed by atoms with Crippen molar-refractivity contribution in [3.05, 3.63) is 35.9 Å². The van der Waals surface area contributed by atoms with Crippen molar-refractivity contribution in [2.45, 2.75) is 13.0 Å². The van der Waals surface area contributed by atoms with Crippen LogP contribution < -0.4 is 4.90 Å². The lowest BCUT2D eigenvalue weighted by atomic mass is 10.2. The maximum atomic E-state index is 10.9. The Kier molecular flexibility index (Phi) is 4.84. The van der Waals surface area contributed by atoms with Crippen molar-refractivity contribution in [1.82, 2.24) is 0 Å². The number of methoxy groups -OCH3 is 1. The number of benzene rings is 1. The number of hydrogen-bond donors (Lipinski definition) is 1. The van der Waals surface area contributed by atoms with Crippen LogP contribution in [0, 0.1) is 0 Å². The predicted molar refractivity (Wildman–Crippen MR) is 58.5 cm³/mol. The van der Waals surface area contributed by atoms with Crippen molar-refractivity contribution in [1.29, 1.82) is 0 Å². The molecule has 1 unspecified atom stereocenters. The fraction of sp³-hybridized carbons (Fsp3) is 0.417. The first-order chi connectivity index (χ1) is 7.22. The highest BCUT2D eigenvalue weighted by atomic mass is 16.5. The minimum absolute atomic E-state index is 0.137. The van der Waals surface area contributed by atoms with Crippen LogP contribution in [0.5, 0.6) is 0 Å². The Morgan fingerprint density at radius 1 is 1.33 bits per heavy atom. The van der Waals surface area contributed by atoms with Gasteiger partial charge in [-0.1, -0.05) is 30.3 Å². The van der Waals surface area contributed by atoms with E-state index in [1.54, 1.807) is 0 Å². The molecule has 82 valence electrons. The van der Waals surface area contributed by atoms with Gasteiger partial charge in [0.15, 0.2) is 0 Å². The number of rotatable bonds is 5. The monoisotopic (exact) mass is 208 g/mol. The SMILES string of the molecule is COC(=O)CC[NH+](C)Cc1ccccc1. The largest absolute Gasteiger partial charge is 0.469 e. The molecule has 0 fully saturated rings. The van der Waals surface area contributed by atoms with Gasteiger partial charge in [-0.25, -0.2) is 0 Å². The lowest BCUT2D eigenvalue weighted by molar-refractivity contribution is -0.893. The zero-order chi connectivity index (χ0) is 11.1. The van der Waals surface area contributed by atoms with E-state index in [1.807, 2.05) is 18.2 Å². The van der Waals surface area contributed by atoms with E-state index in [4.69, 9.17) is 0 Å². The molecule has 0 radical (unpaired) electrons. The summed E-state index contributed by atoms with van der Waals surface area (Å²) in [6.45, 7) is 1.75. The summed E-state index contributed by atoms with van der Waals surface area (Å²) in [4.78, 5) is 12.2. The van der Waals surface area contributed by atoms with Gasteiger partial charge in [-0.2, -0.15) is 0 Å². The standard InChI is InChI=1S/C12H17NO2/c1-13(9-8-12(14)15-2)10-11-6-4-3-5-7-11/h3-7H,8-10H2,1-2H3/p+1. The van der Waals surface area contributed by atoms with Crippen molar-refractivity contribution in [2.75, 3.05) is 20.7 Å². The minimum atomic E-state index is -0.137. The number of hydrogen-bond acceptors (Lipinski definition) is 2. The maximum Gasteiger partial charge on any atom is 0.311 e. The number of carbonyl (C=O) groups excluding carboxylic acids is 1. The quantitative estimate of drug-likeness (QED) is 0.704. The molecular weight excluding hydrogens is 190 g/mol. The van der Waals surface area contributed by atoms with Gasteiger partial charge in [0.2, 0.25) is 0 Å². The van der Waals surface area contributed by atoms with Gasteiger partial charge in [0.05, 0.1) is 27.1 Å². The molecule has 0 saturated heterocycles. The molecule has 0 aliphatic rings. The van der Waals surface area contributed by atoms with Gasteiger partial charge in [0.1, 0.15) is 6.54 Å². The summed E-state index contributed by atoms with van der Waals surface area (Å²) in [5, 5.41) is 0. The zero-order valence-corrected chi connectivity index (χ0v) is 9.32.